The summed E-state index contributed by atoms with van der Waals surface area (Å²) in [7, 11) is 2.89. The van der Waals surface area contributed by atoms with E-state index in [1.807, 2.05) is 0 Å². The zero-order chi connectivity index (χ0) is 22.8. The van der Waals surface area contributed by atoms with Crippen molar-refractivity contribution in [1.82, 2.24) is 4.57 Å². The average molecular weight is 484 g/mol. The number of esters is 1. The van der Waals surface area contributed by atoms with Gasteiger partial charge in [0.25, 0.3) is 5.91 Å². The minimum atomic E-state index is -3.77. The summed E-state index contributed by atoms with van der Waals surface area (Å²) in [5.41, 5.74) is 2.17. The van der Waals surface area contributed by atoms with Gasteiger partial charge >= 0.3 is 5.97 Å². The van der Waals surface area contributed by atoms with Crippen molar-refractivity contribution < 1.29 is 27.5 Å². The van der Waals surface area contributed by atoms with E-state index < -0.39 is 20.8 Å². The number of carbonyl (C=O) groups is 2. The normalized spacial score (nSPS) is 11.5. The molecule has 0 unspecified atom stereocenters. The summed E-state index contributed by atoms with van der Waals surface area (Å²) >= 11 is 5.92. The number of fused-ring (bicyclic) bond motifs is 1. The fourth-order valence-corrected chi connectivity index (χ4v) is 3.84. The second kappa shape index (κ2) is 9.30. The van der Waals surface area contributed by atoms with Gasteiger partial charge in [-0.25, -0.2) is 8.42 Å². The Morgan fingerprint density at radius 1 is 1.10 bits per heavy atom. The second-order valence-electron chi connectivity index (χ2n) is 6.73. The number of benzene rings is 2. The van der Waals surface area contributed by atoms with Crippen molar-refractivity contribution in [3.05, 3.63) is 64.3 Å². The van der Waals surface area contributed by atoms with Crippen molar-refractivity contribution in [2.24, 2.45) is 0 Å². The molecule has 0 bridgehead atoms. The van der Waals surface area contributed by atoms with Gasteiger partial charge in [-0.3, -0.25) is 14.2 Å². The van der Waals surface area contributed by atoms with E-state index in [2.05, 4.69) is 0 Å². The van der Waals surface area contributed by atoms with E-state index >= 15 is 0 Å². The molecular formula is C21H19Cl2NO6S. The minimum absolute atomic E-state index is 0.154. The van der Waals surface area contributed by atoms with E-state index in [0.29, 0.717) is 38.5 Å². The number of hydrogen-bond acceptors (Lipinski definition) is 6. The molecule has 0 aliphatic rings. The Balaban J connectivity index is 2.00. The lowest BCUT2D eigenvalue weighted by Gasteiger charge is -2.08. The van der Waals surface area contributed by atoms with Crippen molar-refractivity contribution in [2.45, 2.75) is 13.3 Å². The predicted octanol–water partition coefficient (Wildman–Crippen LogP) is 3.95. The van der Waals surface area contributed by atoms with Crippen LogP contribution in [0.1, 0.15) is 21.6 Å². The third-order valence-electron chi connectivity index (χ3n) is 4.75. The molecular weight excluding hydrogens is 465 g/mol. The summed E-state index contributed by atoms with van der Waals surface area (Å²) in [5, 5.41) is 1.17. The van der Waals surface area contributed by atoms with Crippen molar-refractivity contribution >= 4 is 54.1 Å². The first-order valence-electron chi connectivity index (χ1n) is 9.17. The highest BCUT2D eigenvalue weighted by Gasteiger charge is 2.22. The Morgan fingerprint density at radius 3 is 2.39 bits per heavy atom. The largest absolute Gasteiger partial charge is 0.497 e. The molecule has 10 heteroatoms. The van der Waals surface area contributed by atoms with Gasteiger partial charge in [-0.1, -0.05) is 11.6 Å². The van der Waals surface area contributed by atoms with E-state index in [0.717, 1.165) is 0 Å². The Hall–Kier alpha value is -2.55. The molecule has 164 valence electrons. The topological polar surface area (TPSA) is 91.7 Å². The molecule has 0 radical (unpaired) electrons. The molecule has 3 aromatic rings. The number of carbonyl (C=O) groups excluding carboxylic acids is 2. The SMILES string of the molecule is COc1ccc2c(c1)c(CC(=O)OCCS(=O)(=O)Cl)c(C)n2C(=O)c1ccc(Cl)cc1. The lowest BCUT2D eigenvalue weighted by Crippen LogP contribution is -2.16. The molecule has 31 heavy (non-hydrogen) atoms. The Morgan fingerprint density at radius 2 is 1.77 bits per heavy atom. The first kappa shape index (κ1) is 23.1. The molecule has 2 aromatic carbocycles. The van der Waals surface area contributed by atoms with Crippen LogP contribution < -0.4 is 4.74 Å². The molecule has 0 saturated carbocycles. The van der Waals surface area contributed by atoms with Crippen molar-refractivity contribution in [3.8, 4) is 5.75 Å². The van der Waals surface area contributed by atoms with Crippen LogP contribution >= 0.6 is 22.3 Å². The number of halogens is 2. The second-order valence-corrected chi connectivity index (χ2v) is 10.1. The van der Waals surface area contributed by atoms with Gasteiger partial charge in [-0.2, -0.15) is 0 Å². The maximum Gasteiger partial charge on any atom is 0.310 e. The third-order valence-corrected chi connectivity index (χ3v) is 6.12. The third kappa shape index (κ3) is 5.39. The van der Waals surface area contributed by atoms with E-state index in [1.54, 1.807) is 49.4 Å². The van der Waals surface area contributed by atoms with E-state index in [-0.39, 0.29) is 18.9 Å². The summed E-state index contributed by atoms with van der Waals surface area (Å²) in [6.45, 7) is 1.38. The molecule has 0 saturated heterocycles. The summed E-state index contributed by atoms with van der Waals surface area (Å²) in [4.78, 5) is 25.6. The Kier molecular flexibility index (Phi) is 6.93. The van der Waals surface area contributed by atoms with Crippen LogP contribution in [0.4, 0.5) is 0 Å². The van der Waals surface area contributed by atoms with Crippen LogP contribution in [-0.4, -0.2) is 44.3 Å². The average Bonchev–Trinajstić information content (AvgIpc) is 2.98. The van der Waals surface area contributed by atoms with E-state index in [9.17, 15) is 18.0 Å². The molecule has 1 heterocycles. The van der Waals surface area contributed by atoms with Crippen LogP contribution in [0.3, 0.4) is 0 Å². The van der Waals surface area contributed by atoms with Gasteiger partial charge in [0.05, 0.1) is 24.8 Å². The number of ether oxygens (including phenoxy) is 2. The summed E-state index contributed by atoms with van der Waals surface area (Å²) in [6.07, 6.45) is -0.154. The van der Waals surface area contributed by atoms with Gasteiger partial charge in [0.2, 0.25) is 9.05 Å². The molecule has 0 aliphatic carbocycles. The monoisotopic (exact) mass is 483 g/mol. The lowest BCUT2D eigenvalue weighted by molar-refractivity contribution is -0.142. The number of aromatic nitrogens is 1. The van der Waals surface area contributed by atoms with Crippen LogP contribution in [0.2, 0.25) is 5.02 Å². The lowest BCUT2D eigenvalue weighted by atomic mass is 10.1. The molecule has 3 rings (SSSR count). The van der Waals surface area contributed by atoms with Crippen molar-refractivity contribution in [3.63, 3.8) is 0 Å². The van der Waals surface area contributed by atoms with E-state index in [1.165, 1.54) is 11.7 Å². The molecule has 7 nitrogen and oxygen atoms in total. The Bertz CT molecular complexity index is 1250. The van der Waals surface area contributed by atoms with Crippen LogP contribution in [-0.2, 0) is 25.0 Å². The molecule has 0 atom stereocenters. The van der Waals surface area contributed by atoms with Gasteiger partial charge in [0, 0.05) is 32.3 Å². The predicted molar refractivity (Wildman–Crippen MR) is 119 cm³/mol. The highest BCUT2D eigenvalue weighted by Crippen LogP contribution is 2.31. The molecule has 0 fully saturated rings. The molecule has 0 aliphatic heterocycles. The quantitative estimate of drug-likeness (QED) is 0.373. The zero-order valence-corrected chi connectivity index (χ0v) is 19.1. The fourth-order valence-electron chi connectivity index (χ4n) is 3.25. The van der Waals surface area contributed by atoms with Gasteiger partial charge < -0.3 is 9.47 Å². The van der Waals surface area contributed by atoms with Gasteiger partial charge in [0.1, 0.15) is 12.4 Å². The van der Waals surface area contributed by atoms with Crippen LogP contribution in [0, 0.1) is 6.92 Å². The van der Waals surface area contributed by atoms with Gasteiger partial charge in [0.15, 0.2) is 0 Å². The molecule has 0 N–H and O–H groups in total. The first-order valence-corrected chi connectivity index (χ1v) is 12.0. The van der Waals surface area contributed by atoms with Crippen LogP contribution in [0.5, 0.6) is 5.75 Å². The summed E-state index contributed by atoms with van der Waals surface area (Å²) in [6, 6.07) is 11.7. The van der Waals surface area contributed by atoms with Gasteiger partial charge in [-0.05, 0) is 55.0 Å². The number of nitrogens with zero attached hydrogens (tertiary/aromatic N) is 1. The van der Waals surface area contributed by atoms with Crippen molar-refractivity contribution in [1.29, 1.82) is 0 Å². The fraction of sp³-hybridized carbons (Fsp3) is 0.238. The molecule has 0 amide bonds. The van der Waals surface area contributed by atoms with Crippen LogP contribution in [0.25, 0.3) is 10.9 Å². The number of hydrogen-bond donors (Lipinski definition) is 0. The first-order chi connectivity index (χ1) is 14.6. The standard InChI is InChI=1S/C21H19Cl2NO6S/c1-13-17(12-20(25)30-9-10-31(23,27)28)18-11-16(29-2)7-8-19(18)24(13)21(26)14-3-5-15(22)6-4-14/h3-8,11H,9-10,12H2,1-2H3. The van der Waals surface area contributed by atoms with Crippen LogP contribution in [0.15, 0.2) is 42.5 Å². The maximum atomic E-state index is 13.2. The summed E-state index contributed by atoms with van der Waals surface area (Å²) < 4.78 is 33.8. The van der Waals surface area contributed by atoms with Gasteiger partial charge in [-0.15, -0.1) is 0 Å². The number of rotatable bonds is 7. The zero-order valence-electron chi connectivity index (χ0n) is 16.7. The minimum Gasteiger partial charge on any atom is -0.497 e. The van der Waals surface area contributed by atoms with Crippen molar-refractivity contribution in [2.75, 3.05) is 19.5 Å². The smallest absolute Gasteiger partial charge is 0.310 e. The highest BCUT2D eigenvalue weighted by atomic mass is 35.7. The summed E-state index contributed by atoms with van der Waals surface area (Å²) in [5.74, 6) is -0.836. The Labute approximate surface area is 188 Å². The molecule has 0 spiro atoms. The highest BCUT2D eigenvalue weighted by molar-refractivity contribution is 8.13. The maximum absolute atomic E-state index is 13.2. The van der Waals surface area contributed by atoms with E-state index in [4.69, 9.17) is 31.8 Å². The molecule has 1 aromatic heterocycles. The number of methoxy groups -OCH3 is 1.